The first-order valence-electron chi connectivity index (χ1n) is 14.8. The van der Waals surface area contributed by atoms with Gasteiger partial charge in [-0.1, -0.05) is 13.0 Å². The van der Waals surface area contributed by atoms with Crippen molar-refractivity contribution in [2.24, 2.45) is 5.92 Å². The summed E-state index contributed by atoms with van der Waals surface area (Å²) in [5, 5.41) is 11.7. The highest BCUT2D eigenvalue weighted by Crippen LogP contribution is 2.30. The Morgan fingerprint density at radius 2 is 1.98 bits per heavy atom. The third-order valence-electron chi connectivity index (χ3n) is 7.57. The maximum atomic E-state index is 14.2. The van der Waals surface area contributed by atoms with E-state index in [1.165, 1.54) is 35.0 Å². The van der Waals surface area contributed by atoms with E-state index in [0.717, 1.165) is 17.8 Å². The highest BCUT2D eigenvalue weighted by Gasteiger charge is 2.32. The van der Waals surface area contributed by atoms with Crippen LogP contribution in [-0.2, 0) is 19.6 Å². The molecule has 0 bridgehead atoms. The van der Waals surface area contributed by atoms with E-state index in [-0.39, 0.29) is 47.0 Å². The summed E-state index contributed by atoms with van der Waals surface area (Å²) in [5.41, 5.74) is 0.243. The fourth-order valence-corrected chi connectivity index (χ4v) is 6.92. The van der Waals surface area contributed by atoms with E-state index in [9.17, 15) is 36.3 Å². The summed E-state index contributed by atoms with van der Waals surface area (Å²) in [6.45, 7) is 5.35. The van der Waals surface area contributed by atoms with E-state index in [1.54, 1.807) is 31.4 Å². The van der Waals surface area contributed by atoms with Crippen molar-refractivity contribution in [1.82, 2.24) is 9.80 Å². The standard InChI is InChI=1S/C30H42F3N3O7S2/c1-20-17-36(21(2)19-37)29(39)24-16-23(34-45(40,41)28-9-7-15-44-28)10-11-25(24)43-22(3)8-5-6-14-42-26(20)18-35(4)27(38)12-13-30(31,32)33/h7,9-11,15-16,20-22,26,34,37H,5-6,8,12-14,17-19H2,1-4H3/t20-,21-,22-,26-/m1/s1. The Morgan fingerprint density at radius 3 is 2.62 bits per heavy atom. The second kappa shape index (κ2) is 16.1. The first-order valence-corrected chi connectivity index (χ1v) is 17.2. The molecule has 3 rings (SSSR count). The molecule has 2 heterocycles. The number of aliphatic hydroxyl groups excluding tert-OH is 1. The van der Waals surface area contributed by atoms with Crippen molar-refractivity contribution in [3.8, 4) is 5.75 Å². The van der Waals surface area contributed by atoms with Crippen LogP contribution in [0.1, 0.15) is 63.2 Å². The highest BCUT2D eigenvalue weighted by molar-refractivity contribution is 7.94. The molecule has 0 aliphatic carbocycles. The monoisotopic (exact) mass is 677 g/mol. The number of hydrogen-bond donors (Lipinski definition) is 2. The molecule has 10 nitrogen and oxygen atoms in total. The van der Waals surface area contributed by atoms with Gasteiger partial charge in [-0.25, -0.2) is 8.42 Å². The zero-order valence-electron chi connectivity index (χ0n) is 25.9. The van der Waals surface area contributed by atoms with Gasteiger partial charge in [0.25, 0.3) is 15.9 Å². The van der Waals surface area contributed by atoms with Gasteiger partial charge in [0.1, 0.15) is 9.96 Å². The summed E-state index contributed by atoms with van der Waals surface area (Å²) in [7, 11) is -2.48. The number of ether oxygens (including phenoxy) is 2. The van der Waals surface area contributed by atoms with Crippen LogP contribution in [0.4, 0.5) is 18.9 Å². The smallest absolute Gasteiger partial charge is 0.389 e. The van der Waals surface area contributed by atoms with Gasteiger partial charge in [0.05, 0.1) is 36.8 Å². The summed E-state index contributed by atoms with van der Waals surface area (Å²) >= 11 is 1.05. The lowest BCUT2D eigenvalue weighted by molar-refractivity contribution is -0.149. The van der Waals surface area contributed by atoms with Crippen LogP contribution in [0.25, 0.3) is 0 Å². The van der Waals surface area contributed by atoms with Gasteiger partial charge in [0.2, 0.25) is 5.91 Å². The number of carbonyl (C=O) groups is 2. The Hall–Kier alpha value is -2.88. The summed E-state index contributed by atoms with van der Waals surface area (Å²) in [6.07, 6.45) is -5.27. The molecule has 252 valence electrons. The number of sulfonamides is 1. The molecule has 2 N–H and O–H groups in total. The first-order chi connectivity index (χ1) is 21.1. The van der Waals surface area contributed by atoms with Crippen LogP contribution < -0.4 is 9.46 Å². The van der Waals surface area contributed by atoms with Gasteiger partial charge in [0.15, 0.2) is 0 Å². The van der Waals surface area contributed by atoms with Crippen molar-refractivity contribution in [2.75, 3.05) is 38.1 Å². The van der Waals surface area contributed by atoms with E-state index in [0.29, 0.717) is 19.4 Å². The van der Waals surface area contributed by atoms with E-state index in [1.807, 2.05) is 6.92 Å². The largest absolute Gasteiger partial charge is 0.490 e. The zero-order chi connectivity index (χ0) is 33.4. The van der Waals surface area contributed by atoms with Crippen molar-refractivity contribution >= 4 is 38.9 Å². The van der Waals surface area contributed by atoms with Crippen LogP contribution in [0.15, 0.2) is 39.9 Å². The number of halogens is 3. The topological polar surface area (TPSA) is 125 Å². The van der Waals surface area contributed by atoms with Gasteiger partial charge in [-0.15, -0.1) is 11.3 Å². The van der Waals surface area contributed by atoms with Crippen molar-refractivity contribution in [2.45, 2.75) is 81.5 Å². The normalized spacial score (nSPS) is 21.3. The lowest BCUT2D eigenvalue weighted by Crippen LogP contribution is -2.48. The van der Waals surface area contributed by atoms with Crippen molar-refractivity contribution in [1.29, 1.82) is 0 Å². The first kappa shape index (κ1) is 36.6. The quantitative estimate of drug-likeness (QED) is 0.377. The molecule has 4 atom stereocenters. The van der Waals surface area contributed by atoms with E-state index >= 15 is 0 Å². The lowest BCUT2D eigenvalue weighted by atomic mass is 10.0. The number of aliphatic hydroxyl groups is 1. The van der Waals surface area contributed by atoms with Crippen LogP contribution in [0.3, 0.4) is 0 Å². The van der Waals surface area contributed by atoms with Gasteiger partial charge >= 0.3 is 6.18 Å². The van der Waals surface area contributed by atoms with Crippen LogP contribution in [0.2, 0.25) is 0 Å². The molecule has 1 aromatic carbocycles. The minimum absolute atomic E-state index is 0.0120. The van der Waals surface area contributed by atoms with Crippen molar-refractivity contribution < 1.29 is 45.8 Å². The molecule has 1 aliphatic rings. The number of fused-ring (bicyclic) bond motifs is 1. The van der Waals surface area contributed by atoms with Gasteiger partial charge in [-0.2, -0.15) is 13.2 Å². The molecule has 1 aliphatic heterocycles. The number of nitrogens with zero attached hydrogens (tertiary/aromatic N) is 2. The summed E-state index contributed by atoms with van der Waals surface area (Å²) in [6, 6.07) is 6.88. The predicted octanol–water partition coefficient (Wildman–Crippen LogP) is 5.15. The number of nitrogens with one attached hydrogen (secondary N) is 1. The van der Waals surface area contributed by atoms with Crippen molar-refractivity contribution in [3.05, 3.63) is 41.3 Å². The number of amides is 2. The molecule has 0 radical (unpaired) electrons. The SMILES string of the molecule is C[C@@H]1CCCCO[C@H](CN(C)C(=O)CCC(F)(F)F)[C@H](C)CN([C@H](C)CO)C(=O)c2cc(NS(=O)(=O)c3cccs3)ccc2O1. The van der Waals surface area contributed by atoms with Crippen LogP contribution in [0.5, 0.6) is 5.75 Å². The molecule has 0 spiro atoms. The molecule has 15 heteroatoms. The van der Waals surface area contributed by atoms with Gasteiger partial charge < -0.3 is 24.4 Å². The fourth-order valence-electron chi connectivity index (χ4n) is 4.88. The summed E-state index contributed by atoms with van der Waals surface area (Å²) < 4.78 is 78.9. The van der Waals surface area contributed by atoms with Crippen LogP contribution in [0, 0.1) is 5.92 Å². The molecule has 1 aromatic heterocycles. The van der Waals surface area contributed by atoms with Gasteiger partial charge in [0, 0.05) is 44.8 Å². The Bertz CT molecular complexity index is 1370. The molecular formula is C30H42F3N3O7S2. The molecule has 0 saturated carbocycles. The predicted molar refractivity (Wildman–Crippen MR) is 165 cm³/mol. The van der Waals surface area contributed by atoms with E-state index in [4.69, 9.17) is 9.47 Å². The minimum atomic E-state index is -4.45. The average Bonchev–Trinajstić information content (AvgIpc) is 3.53. The van der Waals surface area contributed by atoms with E-state index in [2.05, 4.69) is 4.72 Å². The Balaban J connectivity index is 1.94. The Labute approximate surface area is 266 Å². The highest BCUT2D eigenvalue weighted by atomic mass is 32.2. The number of carbonyl (C=O) groups excluding carboxylic acids is 2. The van der Waals surface area contributed by atoms with Crippen LogP contribution in [-0.4, -0.2) is 92.9 Å². The van der Waals surface area contributed by atoms with E-state index < -0.39 is 58.9 Å². The third-order valence-corrected chi connectivity index (χ3v) is 10.3. The summed E-state index contributed by atoms with van der Waals surface area (Å²) in [5.74, 6) is -1.34. The number of rotatable bonds is 9. The average molecular weight is 678 g/mol. The molecule has 0 saturated heterocycles. The zero-order valence-corrected chi connectivity index (χ0v) is 27.5. The molecule has 0 unspecified atom stereocenters. The number of hydrogen-bond acceptors (Lipinski definition) is 8. The minimum Gasteiger partial charge on any atom is -0.490 e. The Kier molecular flexibility index (Phi) is 13.1. The fraction of sp³-hybridized carbons (Fsp3) is 0.600. The Morgan fingerprint density at radius 1 is 1.24 bits per heavy atom. The maximum absolute atomic E-state index is 14.2. The molecule has 0 fully saturated rings. The lowest BCUT2D eigenvalue weighted by Gasteiger charge is -2.36. The number of likely N-dealkylation sites (N-methyl/N-ethyl adjacent to an activating group) is 1. The molecule has 2 amide bonds. The van der Waals surface area contributed by atoms with Crippen molar-refractivity contribution in [3.63, 3.8) is 0 Å². The third kappa shape index (κ3) is 10.9. The summed E-state index contributed by atoms with van der Waals surface area (Å²) in [4.78, 5) is 29.3. The molecular weight excluding hydrogens is 635 g/mol. The molecule has 45 heavy (non-hydrogen) atoms. The maximum Gasteiger partial charge on any atom is 0.389 e. The van der Waals surface area contributed by atoms with Gasteiger partial charge in [-0.3, -0.25) is 14.3 Å². The second-order valence-electron chi connectivity index (χ2n) is 11.4. The van der Waals surface area contributed by atoms with Gasteiger partial charge in [-0.05, 0) is 62.8 Å². The molecule has 2 aromatic rings. The number of benzene rings is 1. The number of thiophene rings is 1. The number of anilines is 1. The number of alkyl halides is 3. The second-order valence-corrected chi connectivity index (χ2v) is 14.3. The van der Waals surface area contributed by atoms with Crippen LogP contribution >= 0.6 is 11.3 Å².